The average molecular weight is 509 g/mol. The first-order valence-corrected chi connectivity index (χ1v) is 12.1. The molecule has 0 aliphatic carbocycles. The Morgan fingerprint density at radius 1 is 0.816 bits per heavy atom. The van der Waals surface area contributed by atoms with Crippen molar-refractivity contribution in [3.8, 4) is 17.2 Å². The quantitative estimate of drug-likeness (QED) is 0.128. The molecule has 1 amide bonds. The van der Waals surface area contributed by atoms with Gasteiger partial charge in [0, 0.05) is 0 Å². The van der Waals surface area contributed by atoms with Gasteiger partial charge in [-0.25, -0.2) is 10.2 Å². The number of hydrogen-bond donors (Lipinski definition) is 1. The van der Waals surface area contributed by atoms with E-state index >= 15 is 0 Å². The summed E-state index contributed by atoms with van der Waals surface area (Å²) in [6.45, 7) is 3.97. The van der Waals surface area contributed by atoms with Crippen molar-refractivity contribution < 1.29 is 23.8 Å². The van der Waals surface area contributed by atoms with Crippen LogP contribution in [0.25, 0.3) is 0 Å². The molecule has 192 valence electrons. The van der Waals surface area contributed by atoms with E-state index in [0.29, 0.717) is 29.4 Å². The number of hydrazone groups is 1. The monoisotopic (exact) mass is 508 g/mol. The van der Waals surface area contributed by atoms with Crippen molar-refractivity contribution in [2.75, 3.05) is 0 Å². The minimum absolute atomic E-state index is 0.394. The Morgan fingerprint density at radius 2 is 1.45 bits per heavy atom. The molecule has 4 rings (SSSR count). The maximum atomic E-state index is 12.4. The van der Waals surface area contributed by atoms with Crippen LogP contribution in [0.2, 0.25) is 0 Å². The van der Waals surface area contributed by atoms with Gasteiger partial charge in [0.25, 0.3) is 5.91 Å². The highest BCUT2D eigenvalue weighted by molar-refractivity contribution is 5.92. The zero-order valence-corrected chi connectivity index (χ0v) is 21.2. The Hall–Kier alpha value is -4.91. The van der Waals surface area contributed by atoms with E-state index < -0.39 is 18.0 Å². The summed E-state index contributed by atoms with van der Waals surface area (Å²) in [5, 5.41) is 3.99. The molecule has 0 aliphatic rings. The van der Waals surface area contributed by atoms with Crippen LogP contribution in [0.4, 0.5) is 0 Å². The predicted molar refractivity (Wildman–Crippen MR) is 146 cm³/mol. The molecule has 1 unspecified atom stereocenters. The second-order valence-corrected chi connectivity index (χ2v) is 8.51. The molecular formula is C31H28N2O5. The van der Waals surface area contributed by atoms with E-state index in [9.17, 15) is 9.59 Å². The van der Waals surface area contributed by atoms with Crippen LogP contribution in [0.5, 0.6) is 17.2 Å². The van der Waals surface area contributed by atoms with Gasteiger partial charge >= 0.3 is 5.97 Å². The predicted octanol–water partition coefficient (Wildman–Crippen LogP) is 5.71. The van der Waals surface area contributed by atoms with E-state index in [1.54, 1.807) is 67.6 Å². The lowest BCUT2D eigenvalue weighted by Crippen LogP contribution is -2.33. The van der Waals surface area contributed by atoms with Crippen LogP contribution < -0.4 is 19.6 Å². The summed E-state index contributed by atoms with van der Waals surface area (Å²) >= 11 is 0. The van der Waals surface area contributed by atoms with Crippen molar-refractivity contribution in [1.82, 2.24) is 5.43 Å². The van der Waals surface area contributed by atoms with Gasteiger partial charge in [-0.2, -0.15) is 5.10 Å². The topological polar surface area (TPSA) is 86.2 Å². The van der Waals surface area contributed by atoms with E-state index in [0.717, 1.165) is 16.7 Å². The summed E-state index contributed by atoms with van der Waals surface area (Å²) in [6, 6.07) is 31.0. The maximum absolute atomic E-state index is 12.4. The molecule has 0 aromatic heterocycles. The summed E-state index contributed by atoms with van der Waals surface area (Å²) in [6.07, 6.45) is 0.739. The number of aryl methyl sites for hydroxylation is 1. The van der Waals surface area contributed by atoms with Crippen molar-refractivity contribution in [2.45, 2.75) is 26.6 Å². The third kappa shape index (κ3) is 7.54. The lowest BCUT2D eigenvalue weighted by atomic mass is 10.1. The molecule has 7 heteroatoms. The fourth-order valence-corrected chi connectivity index (χ4v) is 3.46. The van der Waals surface area contributed by atoms with Crippen molar-refractivity contribution in [1.29, 1.82) is 0 Å². The van der Waals surface area contributed by atoms with Gasteiger partial charge in [-0.3, -0.25) is 4.79 Å². The normalized spacial score (nSPS) is 11.5. The van der Waals surface area contributed by atoms with E-state index in [4.69, 9.17) is 14.2 Å². The number of ether oxygens (including phenoxy) is 3. The highest BCUT2D eigenvalue weighted by Crippen LogP contribution is 2.20. The fourth-order valence-electron chi connectivity index (χ4n) is 3.46. The van der Waals surface area contributed by atoms with Gasteiger partial charge < -0.3 is 14.2 Å². The highest BCUT2D eigenvalue weighted by Gasteiger charge is 2.14. The van der Waals surface area contributed by atoms with Crippen LogP contribution in [-0.4, -0.2) is 24.2 Å². The van der Waals surface area contributed by atoms with Gasteiger partial charge in [-0.1, -0.05) is 48.5 Å². The van der Waals surface area contributed by atoms with Gasteiger partial charge in [0.2, 0.25) is 0 Å². The number of nitrogens with one attached hydrogen (secondary N) is 1. The first kappa shape index (κ1) is 26.2. The number of esters is 1. The Bertz CT molecular complexity index is 1380. The molecule has 38 heavy (non-hydrogen) atoms. The van der Waals surface area contributed by atoms with Crippen LogP contribution in [-0.2, 0) is 11.4 Å². The van der Waals surface area contributed by atoms with E-state index in [2.05, 4.69) is 10.5 Å². The van der Waals surface area contributed by atoms with Gasteiger partial charge in [-0.15, -0.1) is 0 Å². The number of carbonyl (C=O) groups is 2. The minimum Gasteiger partial charge on any atom is -0.489 e. The molecule has 0 saturated heterocycles. The van der Waals surface area contributed by atoms with E-state index in [-0.39, 0.29) is 0 Å². The second kappa shape index (κ2) is 12.9. The molecule has 1 N–H and O–H groups in total. The fraction of sp³-hybridized carbons (Fsp3) is 0.129. The molecule has 0 saturated carbocycles. The first-order valence-electron chi connectivity index (χ1n) is 12.1. The molecule has 7 nitrogen and oxygen atoms in total. The summed E-state index contributed by atoms with van der Waals surface area (Å²) in [7, 11) is 0. The number of hydrogen-bond acceptors (Lipinski definition) is 6. The van der Waals surface area contributed by atoms with Crippen molar-refractivity contribution in [2.24, 2.45) is 5.10 Å². The van der Waals surface area contributed by atoms with Gasteiger partial charge in [0.1, 0.15) is 23.9 Å². The lowest BCUT2D eigenvalue weighted by Gasteiger charge is -2.13. The summed E-state index contributed by atoms with van der Waals surface area (Å²) in [5.41, 5.74) is 5.64. The third-order valence-corrected chi connectivity index (χ3v) is 5.60. The SMILES string of the molecule is Cc1ccccc1C(=O)Oc1ccc(/C=N/NC(=O)C(C)Oc2ccc(OCc3ccccc3)cc2)cc1. The molecule has 4 aromatic rings. The van der Waals surface area contributed by atoms with Crippen molar-refractivity contribution >= 4 is 18.1 Å². The van der Waals surface area contributed by atoms with Gasteiger partial charge in [-0.05, 0) is 85.1 Å². The zero-order valence-electron chi connectivity index (χ0n) is 21.2. The first-order chi connectivity index (χ1) is 18.5. The third-order valence-electron chi connectivity index (χ3n) is 5.60. The molecule has 4 aromatic carbocycles. The maximum Gasteiger partial charge on any atom is 0.343 e. The molecular weight excluding hydrogens is 480 g/mol. The minimum atomic E-state index is -0.758. The number of carbonyl (C=O) groups excluding carboxylic acids is 2. The smallest absolute Gasteiger partial charge is 0.343 e. The van der Waals surface area contributed by atoms with Crippen LogP contribution in [0.3, 0.4) is 0 Å². The van der Waals surface area contributed by atoms with Gasteiger partial charge in [0.15, 0.2) is 6.10 Å². The number of amides is 1. The molecule has 0 heterocycles. The molecule has 0 fully saturated rings. The Kier molecular flexibility index (Phi) is 8.86. The number of benzene rings is 4. The molecule has 0 spiro atoms. The van der Waals surface area contributed by atoms with Crippen LogP contribution >= 0.6 is 0 Å². The zero-order chi connectivity index (χ0) is 26.7. The number of rotatable bonds is 10. The lowest BCUT2D eigenvalue weighted by molar-refractivity contribution is -0.127. The van der Waals surface area contributed by atoms with E-state index in [1.807, 2.05) is 49.4 Å². The summed E-state index contributed by atoms with van der Waals surface area (Å²) in [4.78, 5) is 24.7. The average Bonchev–Trinajstić information content (AvgIpc) is 2.94. The molecule has 0 bridgehead atoms. The van der Waals surface area contributed by atoms with Gasteiger partial charge in [0.05, 0.1) is 11.8 Å². The molecule has 1 atom stereocenters. The molecule has 0 aliphatic heterocycles. The second-order valence-electron chi connectivity index (χ2n) is 8.51. The largest absolute Gasteiger partial charge is 0.489 e. The van der Waals surface area contributed by atoms with Crippen LogP contribution in [0.1, 0.15) is 34.0 Å². The highest BCUT2D eigenvalue weighted by atomic mass is 16.5. The van der Waals surface area contributed by atoms with Crippen molar-refractivity contribution in [3.63, 3.8) is 0 Å². The Morgan fingerprint density at radius 3 is 2.16 bits per heavy atom. The summed E-state index contributed by atoms with van der Waals surface area (Å²) in [5.74, 6) is 0.853. The number of nitrogens with zero attached hydrogens (tertiary/aromatic N) is 1. The van der Waals surface area contributed by atoms with Crippen LogP contribution in [0.15, 0.2) is 108 Å². The van der Waals surface area contributed by atoms with Crippen LogP contribution in [0, 0.1) is 6.92 Å². The standard InChI is InChI=1S/C31H28N2O5/c1-22-8-6-7-11-29(22)31(35)38-28-14-12-24(13-15-28)20-32-33-30(34)23(2)37-27-18-16-26(17-19-27)36-21-25-9-4-3-5-10-25/h3-20,23H,21H2,1-2H3,(H,33,34)/b32-20+. The van der Waals surface area contributed by atoms with Crippen molar-refractivity contribution in [3.05, 3.63) is 125 Å². The summed E-state index contributed by atoms with van der Waals surface area (Å²) < 4.78 is 16.9. The van der Waals surface area contributed by atoms with E-state index in [1.165, 1.54) is 6.21 Å². The molecule has 0 radical (unpaired) electrons. The Labute approximate surface area is 221 Å². The Balaban J connectivity index is 1.22.